The van der Waals surface area contributed by atoms with Crippen LogP contribution in [-0.4, -0.2) is 33.7 Å². The van der Waals surface area contributed by atoms with Crippen LogP contribution in [0.2, 0.25) is 0 Å². The molecule has 0 amide bonds. The van der Waals surface area contributed by atoms with E-state index in [1.807, 2.05) is 0 Å². The Kier molecular flexibility index (Phi) is 7.57. The lowest BCUT2D eigenvalue weighted by molar-refractivity contribution is -0.167. The van der Waals surface area contributed by atoms with Crippen molar-refractivity contribution in [1.29, 1.82) is 0 Å². The van der Waals surface area contributed by atoms with Crippen molar-refractivity contribution >= 4 is 17.9 Å². The predicted molar refractivity (Wildman–Crippen MR) is 71.9 cm³/mol. The lowest BCUT2D eigenvalue weighted by Gasteiger charge is -2.33. The van der Waals surface area contributed by atoms with E-state index in [4.69, 9.17) is 9.84 Å². The summed E-state index contributed by atoms with van der Waals surface area (Å²) in [4.78, 5) is 33.0. The number of carbonyl (C=O) groups excluding carboxylic acids is 1. The minimum Gasteiger partial charge on any atom is -0.481 e. The van der Waals surface area contributed by atoms with Crippen LogP contribution in [0.25, 0.3) is 0 Å². The molecule has 0 fully saturated rings. The normalized spacial score (nSPS) is 14.9. The van der Waals surface area contributed by atoms with Gasteiger partial charge in [-0.05, 0) is 33.1 Å². The SMILES string of the molecule is [CH2]CC(C)(OC(=O)C=C)C(CCCCC(=O)O)C(=O)O. The average Bonchev–Trinajstić information content (AvgIpc) is 2.37. The molecule has 20 heavy (non-hydrogen) atoms. The van der Waals surface area contributed by atoms with Crippen LogP contribution in [-0.2, 0) is 19.1 Å². The zero-order valence-electron chi connectivity index (χ0n) is 11.6. The number of aliphatic carboxylic acids is 2. The van der Waals surface area contributed by atoms with Crippen LogP contribution in [0, 0.1) is 12.8 Å². The number of rotatable bonds is 10. The van der Waals surface area contributed by atoms with Gasteiger partial charge >= 0.3 is 17.9 Å². The molecule has 6 nitrogen and oxygen atoms in total. The Labute approximate surface area is 118 Å². The molecular weight excluding hydrogens is 264 g/mol. The van der Waals surface area contributed by atoms with Gasteiger partial charge < -0.3 is 14.9 Å². The number of ether oxygens (including phenoxy) is 1. The highest BCUT2D eigenvalue weighted by molar-refractivity contribution is 5.82. The third-order valence-corrected chi connectivity index (χ3v) is 3.17. The summed E-state index contributed by atoms with van der Waals surface area (Å²) in [5, 5.41) is 17.8. The number of carboxylic acid groups (broad SMARTS) is 2. The highest BCUT2D eigenvalue weighted by atomic mass is 16.6. The molecule has 0 aliphatic carbocycles. The van der Waals surface area contributed by atoms with E-state index in [2.05, 4.69) is 13.5 Å². The molecule has 0 spiro atoms. The maximum atomic E-state index is 11.3. The van der Waals surface area contributed by atoms with Crippen molar-refractivity contribution in [1.82, 2.24) is 0 Å². The average molecular weight is 285 g/mol. The molecule has 0 aromatic carbocycles. The number of hydrogen-bond acceptors (Lipinski definition) is 4. The summed E-state index contributed by atoms with van der Waals surface area (Å²) in [5.41, 5.74) is -1.24. The lowest BCUT2D eigenvalue weighted by Crippen LogP contribution is -2.43. The largest absolute Gasteiger partial charge is 0.481 e. The quantitative estimate of drug-likeness (QED) is 0.362. The molecule has 0 aliphatic heterocycles. The zero-order valence-corrected chi connectivity index (χ0v) is 11.6. The molecule has 6 heteroatoms. The molecule has 0 aromatic rings. The maximum Gasteiger partial charge on any atom is 0.330 e. The minimum absolute atomic E-state index is 0.0140. The van der Waals surface area contributed by atoms with Gasteiger partial charge in [-0.2, -0.15) is 0 Å². The van der Waals surface area contributed by atoms with Crippen LogP contribution in [0.3, 0.4) is 0 Å². The van der Waals surface area contributed by atoms with E-state index in [-0.39, 0.29) is 19.3 Å². The Balaban J connectivity index is 4.75. The highest BCUT2D eigenvalue weighted by Gasteiger charge is 2.40. The van der Waals surface area contributed by atoms with Crippen molar-refractivity contribution in [3.8, 4) is 0 Å². The van der Waals surface area contributed by atoms with E-state index in [1.54, 1.807) is 0 Å². The summed E-state index contributed by atoms with van der Waals surface area (Å²) in [6.07, 6.45) is 2.07. The third kappa shape index (κ3) is 5.86. The van der Waals surface area contributed by atoms with Crippen molar-refractivity contribution < 1.29 is 29.3 Å². The molecule has 2 atom stereocenters. The van der Waals surface area contributed by atoms with Gasteiger partial charge in [0.2, 0.25) is 0 Å². The van der Waals surface area contributed by atoms with Gasteiger partial charge in [-0.3, -0.25) is 9.59 Å². The van der Waals surface area contributed by atoms with Crippen LogP contribution in [0.5, 0.6) is 0 Å². The number of carboxylic acids is 2. The fourth-order valence-electron chi connectivity index (χ4n) is 1.88. The molecule has 0 saturated carbocycles. The molecule has 0 aliphatic rings. The molecule has 0 saturated heterocycles. The Morgan fingerprint density at radius 2 is 1.90 bits per heavy atom. The fourth-order valence-corrected chi connectivity index (χ4v) is 1.88. The minimum atomic E-state index is -1.24. The number of unbranched alkanes of at least 4 members (excludes halogenated alkanes) is 1. The van der Waals surface area contributed by atoms with Crippen molar-refractivity contribution in [2.45, 2.75) is 44.6 Å². The van der Waals surface area contributed by atoms with Crippen LogP contribution >= 0.6 is 0 Å². The summed E-state index contributed by atoms with van der Waals surface area (Å²) in [5.74, 6) is -3.65. The Bertz CT molecular complexity index is 376. The van der Waals surface area contributed by atoms with Gasteiger partial charge in [-0.1, -0.05) is 13.0 Å². The second-order valence-electron chi connectivity index (χ2n) is 4.72. The fraction of sp³-hybridized carbons (Fsp3) is 0.571. The lowest BCUT2D eigenvalue weighted by atomic mass is 9.82. The first-order chi connectivity index (χ1) is 9.26. The zero-order chi connectivity index (χ0) is 15.8. The second kappa shape index (κ2) is 8.35. The number of hydrogen-bond donors (Lipinski definition) is 2. The van der Waals surface area contributed by atoms with Gasteiger partial charge in [0.25, 0.3) is 0 Å². The Morgan fingerprint density at radius 3 is 2.30 bits per heavy atom. The highest BCUT2D eigenvalue weighted by Crippen LogP contribution is 2.30. The van der Waals surface area contributed by atoms with E-state index in [0.717, 1.165) is 6.08 Å². The van der Waals surface area contributed by atoms with Gasteiger partial charge in [-0.15, -0.1) is 0 Å². The maximum absolute atomic E-state index is 11.3. The van der Waals surface area contributed by atoms with E-state index >= 15 is 0 Å². The molecule has 1 radical (unpaired) electrons. The first-order valence-corrected chi connectivity index (χ1v) is 6.36. The van der Waals surface area contributed by atoms with Crippen molar-refractivity contribution in [2.75, 3.05) is 0 Å². The van der Waals surface area contributed by atoms with Crippen molar-refractivity contribution in [3.63, 3.8) is 0 Å². The van der Waals surface area contributed by atoms with Gasteiger partial charge in [0.15, 0.2) is 0 Å². The van der Waals surface area contributed by atoms with Crippen LogP contribution in [0.1, 0.15) is 39.0 Å². The molecule has 2 unspecified atom stereocenters. The van der Waals surface area contributed by atoms with Gasteiger partial charge in [0.1, 0.15) is 5.60 Å². The number of carbonyl (C=O) groups is 3. The molecule has 0 aromatic heterocycles. The van der Waals surface area contributed by atoms with E-state index < -0.39 is 29.4 Å². The van der Waals surface area contributed by atoms with Crippen molar-refractivity contribution in [2.24, 2.45) is 5.92 Å². The summed E-state index contributed by atoms with van der Waals surface area (Å²) >= 11 is 0. The van der Waals surface area contributed by atoms with Crippen LogP contribution in [0.15, 0.2) is 12.7 Å². The predicted octanol–water partition coefficient (Wildman–Crippen LogP) is 2.04. The monoisotopic (exact) mass is 285 g/mol. The second-order valence-corrected chi connectivity index (χ2v) is 4.72. The van der Waals surface area contributed by atoms with E-state index in [1.165, 1.54) is 6.92 Å². The van der Waals surface area contributed by atoms with Gasteiger partial charge in [0, 0.05) is 12.5 Å². The molecule has 0 heterocycles. The van der Waals surface area contributed by atoms with E-state index in [0.29, 0.717) is 12.8 Å². The first-order valence-electron chi connectivity index (χ1n) is 6.36. The van der Waals surface area contributed by atoms with Crippen LogP contribution in [0.4, 0.5) is 0 Å². The molecule has 0 bridgehead atoms. The van der Waals surface area contributed by atoms with Gasteiger partial charge in [0.05, 0.1) is 5.92 Å². The Hall–Kier alpha value is -1.85. The summed E-state index contributed by atoms with van der Waals surface area (Å²) in [6.45, 7) is 8.42. The van der Waals surface area contributed by atoms with E-state index in [9.17, 15) is 19.5 Å². The topological polar surface area (TPSA) is 101 Å². The summed E-state index contributed by atoms with van der Waals surface area (Å²) < 4.78 is 5.12. The summed E-state index contributed by atoms with van der Waals surface area (Å²) in [7, 11) is 0. The standard InChI is InChI=1S/C14H21O6/c1-4-12(17)20-14(3,5-2)10(13(18)19)8-6-7-9-11(15)16/h4,10H,1-2,5-9H2,3H3,(H,15,16)(H,18,19). The molecular formula is C14H21O6. The third-order valence-electron chi connectivity index (χ3n) is 3.17. The van der Waals surface area contributed by atoms with Crippen LogP contribution < -0.4 is 0 Å². The molecule has 113 valence electrons. The number of esters is 1. The molecule has 2 N–H and O–H groups in total. The molecule has 0 rings (SSSR count). The first kappa shape index (κ1) is 18.1. The Morgan fingerprint density at radius 1 is 1.30 bits per heavy atom. The summed E-state index contributed by atoms with van der Waals surface area (Å²) in [6, 6.07) is 0. The smallest absolute Gasteiger partial charge is 0.330 e. The van der Waals surface area contributed by atoms with Gasteiger partial charge in [-0.25, -0.2) is 4.79 Å². The van der Waals surface area contributed by atoms with Crippen molar-refractivity contribution in [3.05, 3.63) is 19.6 Å².